The van der Waals surface area contributed by atoms with Crippen LogP contribution in [0.25, 0.3) is 10.9 Å². The molecular weight excluding hydrogens is 174 g/mol. The number of aromatic nitrogens is 1. The maximum atomic E-state index is 9.23. The normalized spacial score (nSPS) is 13.3. The Morgan fingerprint density at radius 1 is 1.36 bits per heavy atom. The molecule has 74 valence electrons. The lowest BCUT2D eigenvalue weighted by atomic mass is 10.1. The number of nitrogens with one attached hydrogen (secondary N) is 1. The van der Waals surface area contributed by atoms with Gasteiger partial charge in [0.25, 0.3) is 0 Å². The first kappa shape index (κ1) is 9.28. The lowest BCUT2D eigenvalue weighted by Crippen LogP contribution is -2.01. The van der Waals surface area contributed by atoms with Gasteiger partial charge in [-0.05, 0) is 36.8 Å². The van der Waals surface area contributed by atoms with Crippen LogP contribution in [0.4, 0.5) is 0 Å². The average Bonchev–Trinajstić information content (AvgIpc) is 2.62. The number of benzene rings is 1. The molecule has 2 N–H and O–H groups in total. The second-order valence-electron chi connectivity index (χ2n) is 3.75. The Balaban J connectivity index is 2.27. The highest BCUT2D eigenvalue weighted by Crippen LogP contribution is 2.18. The van der Waals surface area contributed by atoms with Crippen molar-refractivity contribution in [1.82, 2.24) is 4.98 Å². The van der Waals surface area contributed by atoms with E-state index in [0.29, 0.717) is 0 Å². The van der Waals surface area contributed by atoms with Gasteiger partial charge in [-0.25, -0.2) is 0 Å². The fourth-order valence-corrected chi connectivity index (χ4v) is 1.72. The van der Waals surface area contributed by atoms with E-state index in [1.807, 2.05) is 13.1 Å². The van der Waals surface area contributed by atoms with Gasteiger partial charge in [0.05, 0.1) is 6.10 Å². The van der Waals surface area contributed by atoms with Crippen molar-refractivity contribution in [2.75, 3.05) is 0 Å². The molecular formula is C12H15NO. The average molecular weight is 189 g/mol. The van der Waals surface area contributed by atoms with Gasteiger partial charge in [0, 0.05) is 11.7 Å². The van der Waals surface area contributed by atoms with Crippen molar-refractivity contribution in [3.8, 4) is 0 Å². The number of aliphatic hydroxyl groups is 1. The number of fused-ring (bicyclic) bond motifs is 1. The number of aryl methyl sites for hydroxylation is 1. The predicted molar refractivity (Wildman–Crippen MR) is 58.3 cm³/mol. The first-order valence-corrected chi connectivity index (χ1v) is 5.00. The first-order valence-electron chi connectivity index (χ1n) is 5.00. The Kier molecular flexibility index (Phi) is 2.55. The van der Waals surface area contributed by atoms with E-state index in [1.54, 1.807) is 0 Å². The number of hydrogen-bond acceptors (Lipinski definition) is 1. The van der Waals surface area contributed by atoms with Gasteiger partial charge < -0.3 is 10.1 Å². The van der Waals surface area contributed by atoms with Crippen LogP contribution in [0.15, 0.2) is 30.5 Å². The molecule has 2 aromatic rings. The zero-order chi connectivity index (χ0) is 9.97. The molecule has 0 spiro atoms. The smallest absolute Gasteiger partial charge is 0.0515 e. The van der Waals surface area contributed by atoms with Gasteiger partial charge in [-0.2, -0.15) is 0 Å². The van der Waals surface area contributed by atoms with E-state index in [4.69, 9.17) is 0 Å². The summed E-state index contributed by atoms with van der Waals surface area (Å²) in [4.78, 5) is 3.23. The number of H-pyrrole nitrogens is 1. The van der Waals surface area contributed by atoms with E-state index >= 15 is 0 Å². The van der Waals surface area contributed by atoms with Crippen molar-refractivity contribution in [2.45, 2.75) is 25.9 Å². The Morgan fingerprint density at radius 2 is 2.21 bits per heavy atom. The van der Waals surface area contributed by atoms with Crippen LogP contribution in [-0.4, -0.2) is 16.2 Å². The van der Waals surface area contributed by atoms with Gasteiger partial charge in [-0.15, -0.1) is 0 Å². The van der Waals surface area contributed by atoms with Crippen molar-refractivity contribution in [3.63, 3.8) is 0 Å². The van der Waals surface area contributed by atoms with Crippen LogP contribution in [0, 0.1) is 0 Å². The molecule has 0 unspecified atom stereocenters. The summed E-state index contributed by atoms with van der Waals surface area (Å²) < 4.78 is 0. The fourth-order valence-electron chi connectivity index (χ4n) is 1.72. The molecule has 2 nitrogen and oxygen atoms in total. The number of aliphatic hydroxyl groups excluding tert-OH is 1. The highest BCUT2D eigenvalue weighted by Gasteiger charge is 2.03. The second kappa shape index (κ2) is 3.84. The maximum Gasteiger partial charge on any atom is 0.0515 e. The van der Waals surface area contributed by atoms with E-state index < -0.39 is 0 Å². The minimum Gasteiger partial charge on any atom is -0.393 e. The Hall–Kier alpha value is -1.28. The van der Waals surface area contributed by atoms with Crippen LogP contribution >= 0.6 is 0 Å². The van der Waals surface area contributed by atoms with Crippen molar-refractivity contribution in [3.05, 3.63) is 36.0 Å². The van der Waals surface area contributed by atoms with Gasteiger partial charge >= 0.3 is 0 Å². The van der Waals surface area contributed by atoms with Gasteiger partial charge in [0.1, 0.15) is 0 Å². The highest BCUT2D eigenvalue weighted by atomic mass is 16.3. The Labute approximate surface area is 83.6 Å². The third kappa shape index (κ3) is 1.80. The van der Waals surface area contributed by atoms with Crippen LogP contribution in [0.1, 0.15) is 18.9 Å². The van der Waals surface area contributed by atoms with Gasteiger partial charge in [-0.3, -0.25) is 0 Å². The molecule has 2 rings (SSSR count). The number of aromatic amines is 1. The van der Waals surface area contributed by atoms with Crippen molar-refractivity contribution >= 4 is 10.9 Å². The first-order chi connectivity index (χ1) is 6.77. The monoisotopic (exact) mass is 189 g/mol. The molecule has 0 saturated carbocycles. The summed E-state index contributed by atoms with van der Waals surface area (Å²) in [6, 6.07) is 8.34. The highest BCUT2D eigenvalue weighted by molar-refractivity contribution is 5.82. The Bertz CT molecular complexity index is 417. The van der Waals surface area contributed by atoms with Crippen molar-refractivity contribution in [2.24, 2.45) is 0 Å². The van der Waals surface area contributed by atoms with E-state index in [2.05, 4.69) is 29.2 Å². The third-order valence-electron chi connectivity index (χ3n) is 2.50. The standard InChI is InChI=1S/C12H15NO/c1-9(14)5-6-10-3-2-4-11-7-8-13-12(10)11/h2-4,7-9,13-14H,5-6H2,1H3/t9-/m0/s1. The van der Waals surface area contributed by atoms with Crippen LogP contribution in [0.3, 0.4) is 0 Å². The van der Waals surface area contributed by atoms with Crippen molar-refractivity contribution < 1.29 is 5.11 Å². The van der Waals surface area contributed by atoms with E-state index in [-0.39, 0.29) is 6.10 Å². The molecule has 1 atom stereocenters. The molecule has 0 aliphatic carbocycles. The lowest BCUT2D eigenvalue weighted by Gasteiger charge is -2.05. The zero-order valence-corrected chi connectivity index (χ0v) is 8.33. The SMILES string of the molecule is C[C@H](O)CCc1cccc2cc[nH]c12. The van der Waals surface area contributed by atoms with E-state index in [9.17, 15) is 5.11 Å². The van der Waals surface area contributed by atoms with Gasteiger partial charge in [0.15, 0.2) is 0 Å². The van der Waals surface area contributed by atoms with Crippen LogP contribution < -0.4 is 0 Å². The maximum absolute atomic E-state index is 9.23. The molecule has 14 heavy (non-hydrogen) atoms. The summed E-state index contributed by atoms with van der Waals surface area (Å²) in [6.45, 7) is 1.83. The summed E-state index contributed by atoms with van der Waals surface area (Å²) >= 11 is 0. The molecule has 0 aliphatic heterocycles. The summed E-state index contributed by atoms with van der Waals surface area (Å²) in [6.07, 6.45) is 3.48. The van der Waals surface area contributed by atoms with Gasteiger partial charge in [0.2, 0.25) is 0 Å². The number of hydrogen-bond donors (Lipinski definition) is 2. The van der Waals surface area contributed by atoms with E-state index in [1.165, 1.54) is 16.5 Å². The molecule has 1 aromatic heterocycles. The summed E-state index contributed by atoms with van der Waals surface area (Å²) in [5.41, 5.74) is 2.49. The van der Waals surface area contributed by atoms with Crippen LogP contribution in [-0.2, 0) is 6.42 Å². The third-order valence-corrected chi connectivity index (χ3v) is 2.50. The predicted octanol–water partition coefficient (Wildman–Crippen LogP) is 2.48. The van der Waals surface area contributed by atoms with Crippen LogP contribution in [0.5, 0.6) is 0 Å². The number of rotatable bonds is 3. The van der Waals surface area contributed by atoms with Crippen molar-refractivity contribution in [1.29, 1.82) is 0 Å². The molecule has 2 heteroatoms. The van der Waals surface area contributed by atoms with Gasteiger partial charge in [-0.1, -0.05) is 18.2 Å². The lowest BCUT2D eigenvalue weighted by molar-refractivity contribution is 0.185. The zero-order valence-electron chi connectivity index (χ0n) is 8.33. The number of para-hydroxylation sites is 1. The summed E-state index contributed by atoms with van der Waals surface area (Å²) in [5.74, 6) is 0. The molecule has 1 aromatic carbocycles. The summed E-state index contributed by atoms with van der Waals surface area (Å²) in [5, 5.41) is 10.5. The molecule has 0 fully saturated rings. The summed E-state index contributed by atoms with van der Waals surface area (Å²) in [7, 11) is 0. The fraction of sp³-hybridized carbons (Fsp3) is 0.333. The Morgan fingerprint density at radius 3 is 3.00 bits per heavy atom. The minimum atomic E-state index is -0.222. The second-order valence-corrected chi connectivity index (χ2v) is 3.75. The molecule has 1 heterocycles. The largest absolute Gasteiger partial charge is 0.393 e. The molecule has 0 aliphatic rings. The minimum absolute atomic E-state index is 0.222. The topological polar surface area (TPSA) is 36.0 Å². The molecule has 0 radical (unpaired) electrons. The molecule has 0 saturated heterocycles. The van der Waals surface area contributed by atoms with E-state index in [0.717, 1.165) is 12.8 Å². The quantitative estimate of drug-likeness (QED) is 0.764. The van der Waals surface area contributed by atoms with Crippen LogP contribution in [0.2, 0.25) is 0 Å². The molecule has 0 amide bonds. The molecule has 0 bridgehead atoms.